The molecule has 0 spiro atoms. The molecule has 1 N–H and O–H groups in total. The lowest BCUT2D eigenvalue weighted by atomic mass is 10.1. The van der Waals surface area contributed by atoms with E-state index in [2.05, 4.69) is 12.0 Å². The Kier molecular flexibility index (Phi) is 10.9. The van der Waals surface area contributed by atoms with Gasteiger partial charge in [-0.15, -0.1) is 16.9 Å². The third-order valence-electron chi connectivity index (χ3n) is 5.67. The smallest absolute Gasteiger partial charge is 0.346 e. The zero-order valence-corrected chi connectivity index (χ0v) is 22.3. The van der Waals surface area contributed by atoms with E-state index < -0.39 is 22.0 Å². The van der Waals surface area contributed by atoms with Gasteiger partial charge in [-0.1, -0.05) is 38.7 Å². The molecule has 10 heteroatoms. The van der Waals surface area contributed by atoms with Gasteiger partial charge < -0.3 is 14.7 Å². The predicted octanol–water partition coefficient (Wildman–Crippen LogP) is 3.68. The van der Waals surface area contributed by atoms with Crippen molar-refractivity contribution >= 4 is 23.5 Å². The SMILES string of the molecule is CCCCCCCN(CCCOc1cccc(SC(C)(C)C(=O)O)c1)c1nn(C)c(=O)n(C)c1=O. The molecule has 1 heterocycles. The number of aryl methyl sites for hydroxylation is 1. The maximum absolute atomic E-state index is 12.7. The van der Waals surface area contributed by atoms with Crippen LogP contribution in [0.1, 0.15) is 59.3 Å². The summed E-state index contributed by atoms with van der Waals surface area (Å²) < 4.78 is 7.26. The molecular formula is C25H38N4O5S. The zero-order chi connectivity index (χ0) is 26.0. The molecule has 0 bridgehead atoms. The number of unbranched alkanes of at least 4 members (excludes halogenated alkanes) is 4. The normalized spacial score (nSPS) is 11.5. The van der Waals surface area contributed by atoms with E-state index in [4.69, 9.17) is 4.74 Å². The second-order valence-electron chi connectivity index (χ2n) is 9.09. The highest BCUT2D eigenvalue weighted by atomic mass is 32.2. The summed E-state index contributed by atoms with van der Waals surface area (Å²) in [6.07, 6.45) is 6.17. The van der Waals surface area contributed by atoms with Gasteiger partial charge in [0.05, 0.1) is 6.61 Å². The maximum atomic E-state index is 12.7. The van der Waals surface area contributed by atoms with Crippen molar-refractivity contribution in [2.24, 2.45) is 14.1 Å². The van der Waals surface area contributed by atoms with Crippen molar-refractivity contribution in [1.82, 2.24) is 14.3 Å². The third-order valence-corrected chi connectivity index (χ3v) is 6.84. The molecule has 2 aromatic rings. The highest BCUT2D eigenvalue weighted by molar-refractivity contribution is 8.01. The van der Waals surface area contributed by atoms with Crippen LogP contribution in [0.2, 0.25) is 0 Å². The number of anilines is 1. The molecule has 1 aromatic heterocycles. The lowest BCUT2D eigenvalue weighted by Crippen LogP contribution is -2.43. The fourth-order valence-electron chi connectivity index (χ4n) is 3.52. The van der Waals surface area contributed by atoms with Gasteiger partial charge in [0.15, 0.2) is 0 Å². The minimum absolute atomic E-state index is 0.277. The van der Waals surface area contributed by atoms with Crippen LogP contribution >= 0.6 is 11.8 Å². The summed E-state index contributed by atoms with van der Waals surface area (Å²) in [7, 11) is 3.01. The number of ether oxygens (including phenoxy) is 1. The largest absolute Gasteiger partial charge is 0.493 e. The van der Waals surface area contributed by atoms with E-state index in [0.29, 0.717) is 31.9 Å². The molecule has 194 valence electrons. The quantitative estimate of drug-likeness (QED) is 0.288. The number of aromatic nitrogens is 3. The van der Waals surface area contributed by atoms with Crippen molar-refractivity contribution in [2.75, 3.05) is 24.6 Å². The van der Waals surface area contributed by atoms with Gasteiger partial charge in [0.1, 0.15) is 10.5 Å². The predicted molar refractivity (Wildman–Crippen MR) is 140 cm³/mol. The highest BCUT2D eigenvalue weighted by Crippen LogP contribution is 2.34. The van der Waals surface area contributed by atoms with Crippen molar-refractivity contribution in [3.63, 3.8) is 0 Å². The number of nitrogens with zero attached hydrogens (tertiary/aromatic N) is 4. The van der Waals surface area contributed by atoms with Gasteiger partial charge in [-0.25, -0.2) is 9.48 Å². The standard InChI is InChI=1S/C25H38N4O5S/c1-6-7-8-9-10-15-29(21-22(30)27(4)24(33)28(5)26-21)16-12-17-34-19-13-11-14-20(18-19)35-25(2,3)23(31)32/h11,13-14,18H,6-10,12,15-17H2,1-5H3,(H,31,32). The van der Waals surface area contributed by atoms with Gasteiger partial charge in [0, 0.05) is 32.1 Å². The Bertz CT molecular complexity index is 1100. The first kappa shape index (κ1) is 28.5. The molecule has 0 saturated carbocycles. The van der Waals surface area contributed by atoms with Crippen LogP contribution in [0, 0.1) is 0 Å². The van der Waals surface area contributed by atoms with E-state index in [1.807, 2.05) is 29.2 Å². The molecule has 0 aliphatic heterocycles. The zero-order valence-electron chi connectivity index (χ0n) is 21.5. The van der Waals surface area contributed by atoms with Crippen LogP contribution in [-0.4, -0.2) is 49.9 Å². The Hall–Kier alpha value is -2.75. The van der Waals surface area contributed by atoms with Gasteiger partial charge >= 0.3 is 11.7 Å². The highest BCUT2D eigenvalue weighted by Gasteiger charge is 2.28. The van der Waals surface area contributed by atoms with Crippen LogP contribution in [0.4, 0.5) is 5.82 Å². The number of aliphatic carboxylic acids is 1. The van der Waals surface area contributed by atoms with E-state index in [1.165, 1.54) is 29.9 Å². The lowest BCUT2D eigenvalue weighted by molar-refractivity contribution is -0.138. The Morgan fingerprint density at radius 3 is 2.49 bits per heavy atom. The summed E-state index contributed by atoms with van der Waals surface area (Å²) in [5.74, 6) is 0.0691. The van der Waals surface area contributed by atoms with E-state index in [1.54, 1.807) is 20.9 Å². The second-order valence-corrected chi connectivity index (χ2v) is 10.8. The van der Waals surface area contributed by atoms with Crippen molar-refractivity contribution in [3.8, 4) is 5.75 Å². The van der Waals surface area contributed by atoms with Gasteiger partial charge in [0.25, 0.3) is 5.56 Å². The summed E-state index contributed by atoms with van der Waals surface area (Å²) in [5, 5.41) is 13.6. The van der Waals surface area contributed by atoms with E-state index >= 15 is 0 Å². The van der Waals surface area contributed by atoms with Crippen molar-refractivity contribution in [2.45, 2.75) is 68.9 Å². The number of thioether (sulfide) groups is 1. The minimum Gasteiger partial charge on any atom is -0.493 e. The summed E-state index contributed by atoms with van der Waals surface area (Å²) >= 11 is 1.27. The molecule has 0 amide bonds. The molecule has 0 radical (unpaired) electrons. The Morgan fingerprint density at radius 1 is 1.11 bits per heavy atom. The second kappa shape index (κ2) is 13.4. The molecule has 2 rings (SSSR count). The molecule has 0 unspecified atom stereocenters. The molecule has 0 aliphatic carbocycles. The van der Waals surface area contributed by atoms with Crippen LogP contribution in [0.15, 0.2) is 38.8 Å². The van der Waals surface area contributed by atoms with Crippen LogP contribution in [-0.2, 0) is 18.9 Å². The Labute approximate surface area is 211 Å². The molecule has 35 heavy (non-hydrogen) atoms. The van der Waals surface area contributed by atoms with Crippen LogP contribution in [0.25, 0.3) is 0 Å². The number of carboxylic acid groups (broad SMARTS) is 1. The number of hydrogen-bond acceptors (Lipinski definition) is 7. The van der Waals surface area contributed by atoms with Gasteiger partial charge in [-0.3, -0.25) is 14.2 Å². The molecule has 0 fully saturated rings. The average molecular weight is 507 g/mol. The first-order chi connectivity index (χ1) is 16.6. The Balaban J connectivity index is 2.03. The maximum Gasteiger partial charge on any atom is 0.346 e. The first-order valence-electron chi connectivity index (χ1n) is 12.1. The van der Waals surface area contributed by atoms with E-state index in [-0.39, 0.29) is 5.82 Å². The Morgan fingerprint density at radius 2 is 1.80 bits per heavy atom. The van der Waals surface area contributed by atoms with Gasteiger partial charge in [-0.05, 0) is 44.9 Å². The molecule has 0 atom stereocenters. The summed E-state index contributed by atoms with van der Waals surface area (Å²) in [6.45, 7) is 7.18. The summed E-state index contributed by atoms with van der Waals surface area (Å²) in [6, 6.07) is 7.39. The number of benzene rings is 1. The van der Waals surface area contributed by atoms with Crippen molar-refractivity contribution < 1.29 is 14.6 Å². The molecule has 1 aromatic carbocycles. The number of carbonyl (C=O) groups is 1. The number of hydrogen-bond donors (Lipinski definition) is 1. The summed E-state index contributed by atoms with van der Waals surface area (Å²) in [4.78, 5) is 39.0. The molecular weight excluding hydrogens is 468 g/mol. The average Bonchev–Trinajstić information content (AvgIpc) is 2.81. The topological polar surface area (TPSA) is 107 Å². The molecule has 0 saturated heterocycles. The monoisotopic (exact) mass is 506 g/mol. The first-order valence-corrected chi connectivity index (χ1v) is 12.9. The number of carboxylic acids is 1. The van der Waals surface area contributed by atoms with E-state index in [0.717, 1.165) is 35.1 Å². The van der Waals surface area contributed by atoms with Crippen LogP contribution in [0.3, 0.4) is 0 Å². The van der Waals surface area contributed by atoms with Gasteiger partial charge in [-0.2, -0.15) is 0 Å². The molecule has 0 aliphatic rings. The fraction of sp³-hybridized carbons (Fsp3) is 0.600. The lowest BCUT2D eigenvalue weighted by Gasteiger charge is -2.23. The van der Waals surface area contributed by atoms with Crippen LogP contribution < -0.4 is 20.9 Å². The number of rotatable bonds is 15. The van der Waals surface area contributed by atoms with Crippen molar-refractivity contribution in [1.29, 1.82) is 0 Å². The third kappa shape index (κ3) is 8.45. The minimum atomic E-state index is -0.939. The van der Waals surface area contributed by atoms with Crippen molar-refractivity contribution in [3.05, 3.63) is 45.1 Å². The summed E-state index contributed by atoms with van der Waals surface area (Å²) in [5.41, 5.74) is -0.845. The fourth-order valence-corrected chi connectivity index (χ4v) is 4.52. The van der Waals surface area contributed by atoms with E-state index in [9.17, 15) is 19.5 Å². The molecule has 9 nitrogen and oxygen atoms in total. The van der Waals surface area contributed by atoms with Gasteiger partial charge in [0.2, 0.25) is 5.82 Å². The van der Waals surface area contributed by atoms with Crippen LogP contribution in [0.5, 0.6) is 5.75 Å².